The number of anilines is 2. The van der Waals surface area contributed by atoms with E-state index < -0.39 is 23.3 Å². The minimum atomic E-state index is -0.885. The predicted molar refractivity (Wildman–Crippen MR) is 166 cm³/mol. The van der Waals surface area contributed by atoms with Crippen molar-refractivity contribution in [1.82, 2.24) is 0 Å². The first-order valence-corrected chi connectivity index (χ1v) is 15.3. The first-order valence-electron chi connectivity index (χ1n) is 13.3. The van der Waals surface area contributed by atoms with E-state index in [1.165, 1.54) is 12.1 Å². The molecular weight excluding hydrogens is 632 g/mol. The number of thioether (sulfide) groups is 2. The molecule has 0 aliphatic heterocycles. The van der Waals surface area contributed by atoms with Crippen LogP contribution in [0.2, 0.25) is 0 Å². The molecule has 0 saturated heterocycles. The van der Waals surface area contributed by atoms with Gasteiger partial charge >= 0.3 is 21.7 Å². The van der Waals surface area contributed by atoms with Crippen LogP contribution in [0.5, 0.6) is 0 Å². The second kappa shape index (κ2) is 25.9. The molecule has 11 heteroatoms. The Labute approximate surface area is 275 Å². The van der Waals surface area contributed by atoms with Crippen molar-refractivity contribution in [2.75, 3.05) is 22.1 Å². The molecule has 4 rings (SSSR count). The van der Waals surface area contributed by atoms with Gasteiger partial charge in [-0.25, -0.2) is 41.9 Å². The molecule has 0 spiro atoms. The topological polar surface area (TPSA) is 58.2 Å². The molecule has 0 aromatic heterocycles. The van der Waals surface area contributed by atoms with Crippen LogP contribution in [-0.2, 0) is 21.7 Å². The summed E-state index contributed by atoms with van der Waals surface area (Å²) in [6, 6.07) is 8.17. The largest absolute Gasteiger partial charge is 4.00 e. The van der Waals surface area contributed by atoms with Crippen LogP contribution in [0.4, 0.5) is 38.5 Å². The number of carbonyl (C=O) groups excluding carboxylic acids is 2. The summed E-state index contributed by atoms with van der Waals surface area (Å²) in [5.41, 5.74) is -0.0919. The maximum Gasteiger partial charge on any atom is 4.00 e. The van der Waals surface area contributed by atoms with Gasteiger partial charge in [0, 0.05) is 34.8 Å². The normalized spacial score (nSPS) is 11.7. The molecule has 2 amide bonds. The van der Waals surface area contributed by atoms with Gasteiger partial charge in [-0.3, -0.25) is 21.7 Å². The first-order chi connectivity index (χ1) is 20.3. The molecular formula is C32H34F4N2O2S2Ti. The predicted octanol–water partition coefficient (Wildman–Crippen LogP) is 10.3. The van der Waals surface area contributed by atoms with Gasteiger partial charge in [-0.05, 0) is 24.2 Å². The molecule has 0 bridgehead atoms. The van der Waals surface area contributed by atoms with Gasteiger partial charge in [0.25, 0.3) is 10.5 Å². The fourth-order valence-electron chi connectivity index (χ4n) is 2.67. The van der Waals surface area contributed by atoms with E-state index in [9.17, 15) is 27.2 Å². The molecule has 2 aliphatic carbocycles. The summed E-state index contributed by atoms with van der Waals surface area (Å²) in [7, 11) is 0. The second-order valence-corrected chi connectivity index (χ2v) is 10.4. The molecule has 0 fully saturated rings. The van der Waals surface area contributed by atoms with Crippen LogP contribution in [0.15, 0.2) is 60.7 Å². The van der Waals surface area contributed by atoms with E-state index in [1.807, 2.05) is 50.3 Å². The smallest absolute Gasteiger partial charge is 0.368 e. The monoisotopic (exact) mass is 666 g/mol. The number of benzene rings is 2. The number of halogens is 4. The van der Waals surface area contributed by atoms with E-state index in [0.717, 1.165) is 74.2 Å². The van der Waals surface area contributed by atoms with Crippen molar-refractivity contribution in [2.45, 2.75) is 52.4 Å². The Morgan fingerprint density at radius 3 is 1.37 bits per heavy atom. The number of rotatable bonds is 8. The van der Waals surface area contributed by atoms with Gasteiger partial charge < -0.3 is 10.6 Å². The Hall–Kier alpha value is -2.53. The molecule has 0 saturated carbocycles. The standard InChI is InChI=1S/2C11H12F2NOS.2C5H5.Ti/c2*1-2-3-6-16-11(15)14-10-5-4-8(12)7-9(10)13;2*1-2-4-5-3-1;/h2*4-5H,2-3,6H2,1H3,(H,14,15);2*1-3H,4H2;/q4*-1;+4. The van der Waals surface area contributed by atoms with Gasteiger partial charge in [-0.15, -0.1) is 49.2 Å². The SMILES string of the molecule is CCCCSC(=O)Nc1ccc(F)[c-]c1F.CCCCSC(=O)Nc1ccc(F)[c-]c1F.[C-]1=CC=CC1.[C-]1=CC=CC1.[Ti+4]. The van der Waals surface area contributed by atoms with Crippen molar-refractivity contribution in [3.8, 4) is 0 Å². The summed E-state index contributed by atoms with van der Waals surface area (Å²) >= 11 is 2.17. The van der Waals surface area contributed by atoms with Crippen molar-refractivity contribution in [2.24, 2.45) is 0 Å². The van der Waals surface area contributed by atoms with Crippen LogP contribution in [0.25, 0.3) is 0 Å². The molecule has 43 heavy (non-hydrogen) atoms. The van der Waals surface area contributed by atoms with Gasteiger partial charge in [0.2, 0.25) is 0 Å². The van der Waals surface area contributed by atoms with Crippen LogP contribution in [-0.4, -0.2) is 22.0 Å². The number of hydrogen-bond acceptors (Lipinski definition) is 4. The van der Waals surface area contributed by atoms with E-state index in [2.05, 4.69) is 34.9 Å². The molecule has 2 aromatic rings. The quantitative estimate of drug-likeness (QED) is 0.127. The molecule has 0 unspecified atom stereocenters. The zero-order valence-corrected chi connectivity index (χ0v) is 27.3. The van der Waals surface area contributed by atoms with Gasteiger partial charge in [0.05, 0.1) is 0 Å². The first kappa shape index (κ1) is 40.5. The fraction of sp³-hybridized carbons (Fsp3) is 0.312. The Balaban J connectivity index is 0.000000608. The zero-order valence-electron chi connectivity index (χ0n) is 24.1. The van der Waals surface area contributed by atoms with Gasteiger partial charge in [-0.1, -0.05) is 50.2 Å². The second-order valence-electron chi connectivity index (χ2n) is 8.30. The average molecular weight is 667 g/mol. The van der Waals surface area contributed by atoms with Crippen molar-refractivity contribution in [3.63, 3.8) is 0 Å². The molecule has 2 aromatic carbocycles. The Bertz CT molecular complexity index is 1110. The molecule has 228 valence electrons. The number of nitrogens with one attached hydrogen (secondary N) is 2. The molecule has 0 heterocycles. The van der Waals surface area contributed by atoms with Crippen molar-refractivity contribution < 1.29 is 48.9 Å². The Morgan fingerprint density at radius 1 is 0.721 bits per heavy atom. The third-order valence-electron chi connectivity index (χ3n) is 4.83. The summed E-state index contributed by atoms with van der Waals surface area (Å²) in [4.78, 5) is 22.6. The summed E-state index contributed by atoms with van der Waals surface area (Å²) in [6.07, 6.45) is 23.9. The fourth-order valence-corrected chi connectivity index (χ4v) is 4.27. The van der Waals surface area contributed by atoms with Crippen LogP contribution in [0, 0.1) is 47.6 Å². The number of allylic oxidation sites excluding steroid dienone is 8. The minimum Gasteiger partial charge on any atom is -0.368 e. The molecule has 0 radical (unpaired) electrons. The van der Waals surface area contributed by atoms with Crippen molar-refractivity contribution >= 4 is 45.4 Å². The van der Waals surface area contributed by atoms with Crippen LogP contribution in [0.1, 0.15) is 52.4 Å². The van der Waals surface area contributed by atoms with E-state index in [0.29, 0.717) is 11.5 Å². The summed E-state index contributed by atoms with van der Waals surface area (Å²) in [5.74, 6) is -1.96. The van der Waals surface area contributed by atoms with Crippen LogP contribution >= 0.6 is 23.5 Å². The van der Waals surface area contributed by atoms with E-state index >= 15 is 0 Å². The van der Waals surface area contributed by atoms with Crippen LogP contribution in [0.3, 0.4) is 0 Å². The number of unbranched alkanes of at least 4 members (excludes halogenated alkanes) is 2. The Kier molecular flexibility index (Phi) is 24.4. The van der Waals surface area contributed by atoms with Gasteiger partial charge in [0.15, 0.2) is 0 Å². The number of carbonyl (C=O) groups is 2. The number of hydrogen-bond donors (Lipinski definition) is 2. The molecule has 2 aliphatic rings. The van der Waals surface area contributed by atoms with Crippen LogP contribution < -0.4 is 10.6 Å². The van der Waals surface area contributed by atoms with E-state index in [1.54, 1.807) is 0 Å². The molecule has 4 nitrogen and oxygen atoms in total. The summed E-state index contributed by atoms with van der Waals surface area (Å²) in [6.45, 7) is 4.04. The third kappa shape index (κ3) is 20.9. The van der Waals surface area contributed by atoms with Crippen molar-refractivity contribution in [1.29, 1.82) is 0 Å². The van der Waals surface area contributed by atoms with Gasteiger partial charge in [0.1, 0.15) is 0 Å². The maximum atomic E-state index is 13.1. The zero-order chi connectivity index (χ0) is 31.0. The summed E-state index contributed by atoms with van der Waals surface area (Å²) < 4.78 is 51.2. The van der Waals surface area contributed by atoms with Crippen molar-refractivity contribution in [3.05, 3.63) is 108 Å². The number of amides is 2. The third-order valence-corrected chi connectivity index (χ3v) is 6.55. The average Bonchev–Trinajstić information content (AvgIpc) is 3.73. The Morgan fingerprint density at radius 2 is 1.12 bits per heavy atom. The molecule has 2 N–H and O–H groups in total. The van der Waals surface area contributed by atoms with Gasteiger partial charge in [-0.2, -0.15) is 12.2 Å². The molecule has 0 atom stereocenters. The summed E-state index contributed by atoms with van der Waals surface area (Å²) in [5, 5.41) is 4.01. The van der Waals surface area contributed by atoms with E-state index in [-0.39, 0.29) is 43.6 Å². The maximum absolute atomic E-state index is 13.1. The minimum absolute atomic E-state index is 0. The van der Waals surface area contributed by atoms with E-state index in [4.69, 9.17) is 0 Å².